The molecule has 6 nitrogen and oxygen atoms in total. The number of rotatable bonds is 8. The lowest BCUT2D eigenvalue weighted by Gasteiger charge is -2.17. The minimum absolute atomic E-state index is 0.00773. The highest BCUT2D eigenvalue weighted by Gasteiger charge is 2.30. The van der Waals surface area contributed by atoms with Gasteiger partial charge in [0.2, 0.25) is 11.8 Å². The van der Waals surface area contributed by atoms with Crippen LogP contribution in [0.5, 0.6) is 0 Å². The highest BCUT2D eigenvalue weighted by molar-refractivity contribution is 6.30. The van der Waals surface area contributed by atoms with Gasteiger partial charge in [-0.15, -0.1) is 0 Å². The minimum atomic E-state index is -0.0981. The average molecular weight is 375 g/mol. The summed E-state index contributed by atoms with van der Waals surface area (Å²) >= 11 is 5.99. The second-order valence-electron chi connectivity index (χ2n) is 6.56. The first-order valence-corrected chi connectivity index (χ1v) is 9.27. The second kappa shape index (κ2) is 8.85. The molecule has 1 atom stereocenters. The van der Waals surface area contributed by atoms with E-state index in [0.717, 1.165) is 24.9 Å². The molecule has 7 heteroatoms. The predicted octanol–water partition coefficient (Wildman–Crippen LogP) is 2.28. The van der Waals surface area contributed by atoms with Gasteiger partial charge >= 0.3 is 0 Å². The lowest BCUT2D eigenvalue weighted by atomic mass is 10.1. The number of nitrogens with one attached hydrogen (secondary N) is 1. The summed E-state index contributed by atoms with van der Waals surface area (Å²) in [5, 5.41) is 7.79. The molecule has 1 aliphatic rings. The van der Waals surface area contributed by atoms with Crippen molar-refractivity contribution in [1.82, 2.24) is 20.0 Å². The van der Waals surface area contributed by atoms with E-state index >= 15 is 0 Å². The van der Waals surface area contributed by atoms with Crippen molar-refractivity contribution in [2.24, 2.45) is 0 Å². The number of carbonyl (C=O) groups excluding carboxylic acids is 2. The number of hydrogen-bond acceptors (Lipinski definition) is 3. The summed E-state index contributed by atoms with van der Waals surface area (Å²) in [7, 11) is 0. The van der Waals surface area contributed by atoms with E-state index in [1.807, 2.05) is 46.1 Å². The monoisotopic (exact) mass is 374 g/mol. The van der Waals surface area contributed by atoms with Crippen molar-refractivity contribution in [3.8, 4) is 0 Å². The molecule has 0 saturated carbocycles. The maximum absolute atomic E-state index is 12.2. The van der Waals surface area contributed by atoms with E-state index in [4.69, 9.17) is 11.6 Å². The molecular weight excluding hydrogens is 352 g/mol. The van der Waals surface area contributed by atoms with Gasteiger partial charge in [0.15, 0.2) is 0 Å². The van der Waals surface area contributed by atoms with Gasteiger partial charge < -0.3 is 10.2 Å². The number of aromatic nitrogens is 2. The lowest BCUT2D eigenvalue weighted by molar-refractivity contribution is -0.127. The van der Waals surface area contributed by atoms with Crippen LogP contribution in [0.1, 0.15) is 24.8 Å². The van der Waals surface area contributed by atoms with Crippen LogP contribution < -0.4 is 5.32 Å². The van der Waals surface area contributed by atoms with Crippen molar-refractivity contribution in [2.45, 2.75) is 38.3 Å². The number of nitrogens with zero attached hydrogens (tertiary/aromatic N) is 3. The Hall–Kier alpha value is -2.34. The molecule has 2 heterocycles. The first-order chi connectivity index (χ1) is 12.6. The van der Waals surface area contributed by atoms with Crippen molar-refractivity contribution in [3.05, 3.63) is 53.3 Å². The molecule has 1 fully saturated rings. The Labute approximate surface area is 158 Å². The topological polar surface area (TPSA) is 67.2 Å². The fourth-order valence-electron chi connectivity index (χ4n) is 3.18. The highest BCUT2D eigenvalue weighted by atomic mass is 35.5. The van der Waals surface area contributed by atoms with Gasteiger partial charge in [-0.2, -0.15) is 5.10 Å². The largest absolute Gasteiger partial charge is 0.351 e. The Bertz CT molecular complexity index is 748. The molecular formula is C19H23ClN4O2. The molecule has 26 heavy (non-hydrogen) atoms. The zero-order chi connectivity index (χ0) is 18.4. The second-order valence-corrected chi connectivity index (χ2v) is 7.00. The molecule has 0 radical (unpaired) electrons. The third-order valence-electron chi connectivity index (χ3n) is 4.49. The van der Waals surface area contributed by atoms with Crippen molar-refractivity contribution >= 4 is 23.4 Å². The number of aryl methyl sites for hydroxylation is 1. The van der Waals surface area contributed by atoms with Crippen LogP contribution in [0.4, 0.5) is 0 Å². The third-order valence-corrected chi connectivity index (χ3v) is 4.72. The summed E-state index contributed by atoms with van der Waals surface area (Å²) in [6, 6.07) is 9.44. The van der Waals surface area contributed by atoms with E-state index in [9.17, 15) is 9.59 Å². The molecule has 2 amide bonds. The van der Waals surface area contributed by atoms with Crippen molar-refractivity contribution < 1.29 is 9.59 Å². The molecule has 1 aliphatic heterocycles. The predicted molar refractivity (Wildman–Crippen MR) is 99.7 cm³/mol. The van der Waals surface area contributed by atoms with Gasteiger partial charge in [0.25, 0.3) is 0 Å². The molecule has 3 rings (SSSR count). The molecule has 0 bridgehead atoms. The van der Waals surface area contributed by atoms with E-state index in [-0.39, 0.29) is 17.9 Å². The normalized spacial score (nSPS) is 16.9. The van der Waals surface area contributed by atoms with E-state index in [0.29, 0.717) is 31.0 Å². The van der Waals surface area contributed by atoms with Crippen LogP contribution in [0.2, 0.25) is 5.02 Å². The molecule has 2 aromatic rings. The van der Waals surface area contributed by atoms with Gasteiger partial charge in [0, 0.05) is 49.9 Å². The molecule has 0 aliphatic carbocycles. The van der Waals surface area contributed by atoms with Gasteiger partial charge in [-0.1, -0.05) is 23.7 Å². The van der Waals surface area contributed by atoms with Gasteiger partial charge in [-0.05, 0) is 36.6 Å². The van der Waals surface area contributed by atoms with Gasteiger partial charge in [0.1, 0.15) is 0 Å². The quantitative estimate of drug-likeness (QED) is 0.770. The van der Waals surface area contributed by atoms with Crippen LogP contribution in [-0.4, -0.2) is 45.6 Å². The summed E-state index contributed by atoms with van der Waals surface area (Å²) in [6.45, 7) is 1.94. The number of carbonyl (C=O) groups is 2. The van der Waals surface area contributed by atoms with Crippen LogP contribution in [0.3, 0.4) is 0 Å². The summed E-state index contributed by atoms with van der Waals surface area (Å²) in [5.74, 6) is 0.0838. The Balaban J connectivity index is 1.38. The first-order valence-electron chi connectivity index (χ1n) is 8.89. The Morgan fingerprint density at radius 1 is 1.31 bits per heavy atom. The number of halogens is 1. The standard InChI is InChI=1S/C19H23ClN4O2/c20-16-5-1-4-15(12-16)7-11-23-14-17(13-19(23)26)22-18(25)6-2-9-24-10-3-8-21-24/h1,3-5,8,10,12,17H,2,6-7,9,11,13-14H2,(H,22,25)/t17-/m0/s1. The smallest absolute Gasteiger partial charge is 0.224 e. The summed E-state index contributed by atoms with van der Waals surface area (Å²) in [6.07, 6.45) is 5.91. The molecule has 1 saturated heterocycles. The van der Waals surface area contributed by atoms with E-state index < -0.39 is 0 Å². The molecule has 1 aromatic heterocycles. The van der Waals surface area contributed by atoms with Gasteiger partial charge in [-0.3, -0.25) is 14.3 Å². The average Bonchev–Trinajstić information content (AvgIpc) is 3.23. The van der Waals surface area contributed by atoms with Crippen LogP contribution in [0, 0.1) is 0 Å². The lowest BCUT2D eigenvalue weighted by Crippen LogP contribution is -2.37. The minimum Gasteiger partial charge on any atom is -0.351 e. The summed E-state index contributed by atoms with van der Waals surface area (Å²) in [4.78, 5) is 26.0. The molecule has 138 valence electrons. The molecule has 0 spiro atoms. The maximum atomic E-state index is 12.2. The van der Waals surface area contributed by atoms with Crippen LogP contribution >= 0.6 is 11.6 Å². The van der Waals surface area contributed by atoms with E-state index in [1.54, 1.807) is 6.20 Å². The van der Waals surface area contributed by atoms with E-state index in [1.165, 1.54) is 0 Å². The molecule has 1 N–H and O–H groups in total. The summed E-state index contributed by atoms with van der Waals surface area (Å²) < 4.78 is 1.81. The van der Waals surface area contributed by atoms with Crippen molar-refractivity contribution in [3.63, 3.8) is 0 Å². The van der Waals surface area contributed by atoms with Gasteiger partial charge in [-0.25, -0.2) is 0 Å². The zero-order valence-electron chi connectivity index (χ0n) is 14.6. The molecule has 0 unspecified atom stereocenters. The zero-order valence-corrected chi connectivity index (χ0v) is 15.4. The van der Waals surface area contributed by atoms with Crippen LogP contribution in [-0.2, 0) is 22.6 Å². The van der Waals surface area contributed by atoms with Crippen LogP contribution in [0.25, 0.3) is 0 Å². The fourth-order valence-corrected chi connectivity index (χ4v) is 3.39. The first kappa shape index (κ1) is 18.5. The number of benzene rings is 1. The van der Waals surface area contributed by atoms with Crippen molar-refractivity contribution in [1.29, 1.82) is 0 Å². The Morgan fingerprint density at radius 2 is 2.19 bits per heavy atom. The Morgan fingerprint density at radius 3 is 2.96 bits per heavy atom. The van der Waals surface area contributed by atoms with Crippen molar-refractivity contribution in [2.75, 3.05) is 13.1 Å². The highest BCUT2D eigenvalue weighted by Crippen LogP contribution is 2.15. The van der Waals surface area contributed by atoms with Crippen LogP contribution in [0.15, 0.2) is 42.7 Å². The fraction of sp³-hybridized carbons (Fsp3) is 0.421. The molecule has 1 aromatic carbocycles. The van der Waals surface area contributed by atoms with E-state index in [2.05, 4.69) is 10.4 Å². The summed E-state index contributed by atoms with van der Waals surface area (Å²) in [5.41, 5.74) is 1.11. The number of amides is 2. The number of hydrogen-bond donors (Lipinski definition) is 1. The van der Waals surface area contributed by atoms with Gasteiger partial charge in [0.05, 0.1) is 6.04 Å². The maximum Gasteiger partial charge on any atom is 0.224 e. The Kier molecular flexibility index (Phi) is 6.28. The number of likely N-dealkylation sites (tertiary alicyclic amines) is 1. The third kappa shape index (κ3) is 5.33. The SMILES string of the molecule is O=C(CCCn1cccn1)N[C@H]1CC(=O)N(CCc2cccc(Cl)c2)C1.